The summed E-state index contributed by atoms with van der Waals surface area (Å²) in [6.45, 7) is 2.99. The van der Waals surface area contributed by atoms with Crippen LogP contribution in [0.5, 0.6) is 0 Å². The Kier molecular flexibility index (Phi) is 7.42. The largest absolute Gasteiger partial charge is 0.459 e. The second-order valence-corrected chi connectivity index (χ2v) is 6.48. The third kappa shape index (κ3) is 6.50. The van der Waals surface area contributed by atoms with E-state index < -0.39 is 0 Å². The Labute approximate surface area is 146 Å². The van der Waals surface area contributed by atoms with E-state index in [1.165, 1.54) is 17.4 Å². The summed E-state index contributed by atoms with van der Waals surface area (Å²) >= 11 is 1.78. The zero-order valence-electron chi connectivity index (χ0n) is 13.7. The Balaban J connectivity index is 1.50. The highest BCUT2D eigenvalue weighted by atomic mass is 32.2. The van der Waals surface area contributed by atoms with E-state index in [4.69, 9.17) is 4.42 Å². The molecule has 0 atom stereocenters. The molecule has 5 nitrogen and oxygen atoms in total. The number of benzene rings is 1. The number of furan rings is 1. The predicted molar refractivity (Wildman–Crippen MR) is 96.0 cm³/mol. The van der Waals surface area contributed by atoms with Crippen molar-refractivity contribution in [3.63, 3.8) is 0 Å². The third-order valence-corrected chi connectivity index (χ3v) is 4.37. The first kappa shape index (κ1) is 18.1. The van der Waals surface area contributed by atoms with Crippen LogP contribution in [0.15, 0.2) is 47.1 Å². The molecule has 24 heavy (non-hydrogen) atoms. The highest BCUT2D eigenvalue weighted by Crippen LogP contribution is 2.12. The van der Waals surface area contributed by atoms with Gasteiger partial charge in [-0.15, -0.1) is 0 Å². The number of aryl methyl sites for hydroxylation is 1. The van der Waals surface area contributed by atoms with E-state index in [1.54, 1.807) is 23.9 Å². The summed E-state index contributed by atoms with van der Waals surface area (Å²) < 4.78 is 4.97. The molecule has 1 aromatic heterocycles. The Hall–Kier alpha value is -2.21. The molecule has 0 saturated carbocycles. The average Bonchev–Trinajstić information content (AvgIpc) is 3.11. The van der Waals surface area contributed by atoms with Crippen molar-refractivity contribution in [2.45, 2.75) is 19.1 Å². The number of amides is 2. The second-order valence-electron chi connectivity index (χ2n) is 5.37. The fourth-order valence-corrected chi connectivity index (χ4v) is 2.83. The maximum atomic E-state index is 11.7. The second kappa shape index (κ2) is 9.82. The molecule has 0 aliphatic carbocycles. The Morgan fingerprint density at radius 2 is 1.88 bits per heavy atom. The van der Waals surface area contributed by atoms with Crippen LogP contribution in [0.1, 0.15) is 28.1 Å². The number of thioether (sulfide) groups is 1. The molecule has 0 radical (unpaired) electrons. The predicted octanol–water partition coefficient (Wildman–Crippen LogP) is 2.76. The molecule has 0 fully saturated rings. The molecule has 1 aromatic carbocycles. The Bertz CT molecular complexity index is 639. The first-order valence-electron chi connectivity index (χ1n) is 7.87. The molecule has 2 amide bonds. The van der Waals surface area contributed by atoms with E-state index in [1.807, 2.05) is 0 Å². The van der Waals surface area contributed by atoms with Crippen LogP contribution in [-0.4, -0.2) is 30.7 Å². The van der Waals surface area contributed by atoms with Gasteiger partial charge in [0.25, 0.3) is 5.91 Å². The van der Waals surface area contributed by atoms with Crippen molar-refractivity contribution in [3.05, 3.63) is 59.5 Å². The zero-order valence-corrected chi connectivity index (χ0v) is 14.5. The summed E-state index contributed by atoms with van der Waals surface area (Å²) in [6, 6.07) is 11.7. The maximum absolute atomic E-state index is 11.7. The van der Waals surface area contributed by atoms with Crippen molar-refractivity contribution in [2.75, 3.05) is 18.8 Å². The lowest BCUT2D eigenvalue weighted by molar-refractivity contribution is -0.120. The van der Waals surface area contributed by atoms with Gasteiger partial charge in [-0.05, 0) is 24.6 Å². The van der Waals surface area contributed by atoms with E-state index in [9.17, 15) is 9.59 Å². The van der Waals surface area contributed by atoms with Crippen LogP contribution in [-0.2, 0) is 10.5 Å². The highest BCUT2D eigenvalue weighted by Gasteiger charge is 2.08. The smallest absolute Gasteiger partial charge is 0.286 e. The molecule has 6 heteroatoms. The van der Waals surface area contributed by atoms with Crippen molar-refractivity contribution in [3.8, 4) is 0 Å². The standard InChI is InChI=1S/C18H22N2O3S/c1-14-4-6-15(7-5-14)13-24-12-10-19-17(21)8-9-20-18(22)16-3-2-11-23-16/h2-7,11H,8-10,12-13H2,1H3,(H,19,21)(H,20,22). The van der Waals surface area contributed by atoms with Gasteiger partial charge in [0.15, 0.2) is 5.76 Å². The number of rotatable bonds is 9. The summed E-state index contributed by atoms with van der Waals surface area (Å²) in [5, 5.41) is 5.50. The van der Waals surface area contributed by atoms with Crippen molar-refractivity contribution in [1.82, 2.24) is 10.6 Å². The highest BCUT2D eigenvalue weighted by molar-refractivity contribution is 7.98. The van der Waals surface area contributed by atoms with Gasteiger partial charge in [0.1, 0.15) is 0 Å². The van der Waals surface area contributed by atoms with Gasteiger partial charge in [0.2, 0.25) is 5.91 Å². The van der Waals surface area contributed by atoms with Crippen LogP contribution in [0, 0.1) is 6.92 Å². The molecule has 0 unspecified atom stereocenters. The monoisotopic (exact) mass is 346 g/mol. The van der Waals surface area contributed by atoms with Gasteiger partial charge >= 0.3 is 0 Å². The van der Waals surface area contributed by atoms with E-state index in [0.717, 1.165) is 11.5 Å². The van der Waals surface area contributed by atoms with Crippen LogP contribution in [0.25, 0.3) is 0 Å². The lowest BCUT2D eigenvalue weighted by Gasteiger charge is -2.06. The van der Waals surface area contributed by atoms with Crippen LogP contribution < -0.4 is 10.6 Å². The minimum Gasteiger partial charge on any atom is -0.459 e. The van der Waals surface area contributed by atoms with Crippen molar-refractivity contribution in [1.29, 1.82) is 0 Å². The lowest BCUT2D eigenvalue weighted by Crippen LogP contribution is -2.31. The van der Waals surface area contributed by atoms with Gasteiger partial charge in [-0.1, -0.05) is 29.8 Å². The van der Waals surface area contributed by atoms with Gasteiger partial charge < -0.3 is 15.1 Å². The van der Waals surface area contributed by atoms with E-state index in [-0.39, 0.29) is 24.0 Å². The van der Waals surface area contributed by atoms with Gasteiger partial charge in [0, 0.05) is 31.0 Å². The minimum atomic E-state index is -0.304. The van der Waals surface area contributed by atoms with Crippen LogP contribution in [0.3, 0.4) is 0 Å². The molecule has 0 saturated heterocycles. The van der Waals surface area contributed by atoms with Gasteiger partial charge in [0.05, 0.1) is 6.26 Å². The molecule has 0 aliphatic heterocycles. The average molecular weight is 346 g/mol. The molecular weight excluding hydrogens is 324 g/mol. The first-order valence-corrected chi connectivity index (χ1v) is 9.02. The molecule has 2 rings (SSSR count). The topological polar surface area (TPSA) is 71.3 Å². The fraction of sp³-hybridized carbons (Fsp3) is 0.333. The van der Waals surface area contributed by atoms with Crippen molar-refractivity contribution < 1.29 is 14.0 Å². The van der Waals surface area contributed by atoms with Gasteiger partial charge in [-0.25, -0.2) is 0 Å². The number of carbonyl (C=O) groups is 2. The van der Waals surface area contributed by atoms with Gasteiger partial charge in [-0.2, -0.15) is 11.8 Å². The molecular formula is C18H22N2O3S. The first-order chi connectivity index (χ1) is 11.6. The summed E-state index contributed by atoms with van der Waals surface area (Å²) in [5.41, 5.74) is 2.55. The van der Waals surface area contributed by atoms with Crippen LogP contribution in [0.2, 0.25) is 0 Å². The quantitative estimate of drug-likeness (QED) is 0.685. The summed E-state index contributed by atoms with van der Waals surface area (Å²) in [6.07, 6.45) is 1.70. The van der Waals surface area contributed by atoms with E-state index >= 15 is 0 Å². The Morgan fingerprint density at radius 3 is 2.58 bits per heavy atom. The molecule has 2 N–H and O–H groups in total. The lowest BCUT2D eigenvalue weighted by atomic mass is 10.2. The van der Waals surface area contributed by atoms with Crippen molar-refractivity contribution in [2.24, 2.45) is 0 Å². The number of hydrogen-bond donors (Lipinski definition) is 2. The molecule has 0 aliphatic rings. The van der Waals surface area contributed by atoms with E-state index in [0.29, 0.717) is 13.1 Å². The van der Waals surface area contributed by atoms with Crippen LogP contribution in [0.4, 0.5) is 0 Å². The normalized spacial score (nSPS) is 10.4. The van der Waals surface area contributed by atoms with Gasteiger partial charge in [-0.3, -0.25) is 9.59 Å². The summed E-state index contributed by atoms with van der Waals surface area (Å²) in [7, 11) is 0. The minimum absolute atomic E-state index is 0.0642. The van der Waals surface area contributed by atoms with Crippen LogP contribution >= 0.6 is 11.8 Å². The van der Waals surface area contributed by atoms with E-state index in [2.05, 4.69) is 41.8 Å². The molecule has 0 bridgehead atoms. The number of hydrogen-bond acceptors (Lipinski definition) is 4. The SMILES string of the molecule is Cc1ccc(CSCCNC(=O)CCNC(=O)c2ccco2)cc1. The Morgan fingerprint density at radius 1 is 1.08 bits per heavy atom. The maximum Gasteiger partial charge on any atom is 0.286 e. The zero-order chi connectivity index (χ0) is 17.2. The molecule has 2 aromatic rings. The fourth-order valence-electron chi connectivity index (χ4n) is 2.01. The number of carbonyl (C=O) groups excluding carboxylic acids is 2. The van der Waals surface area contributed by atoms with Crippen molar-refractivity contribution >= 4 is 23.6 Å². The molecule has 1 heterocycles. The summed E-state index contributed by atoms with van der Waals surface area (Å²) in [4.78, 5) is 23.3. The molecule has 128 valence electrons. The third-order valence-electron chi connectivity index (χ3n) is 3.34. The molecule has 0 spiro atoms. The summed E-state index contributed by atoms with van der Waals surface area (Å²) in [5.74, 6) is 1.68. The number of nitrogens with one attached hydrogen (secondary N) is 2.